The number of morpholine rings is 1. The first-order valence-electron chi connectivity index (χ1n) is 8.41. The zero-order valence-electron chi connectivity index (χ0n) is 13.1. The molecule has 0 bridgehead atoms. The van der Waals surface area contributed by atoms with E-state index in [9.17, 15) is 0 Å². The van der Waals surface area contributed by atoms with E-state index in [0.29, 0.717) is 0 Å². The Kier molecular flexibility index (Phi) is 4.56. The Morgan fingerprint density at radius 2 is 1.87 bits per heavy atom. The molecule has 0 radical (unpaired) electrons. The summed E-state index contributed by atoms with van der Waals surface area (Å²) in [4.78, 5) is 2.51. The molecule has 3 nitrogen and oxygen atoms in total. The molecule has 0 aromatic heterocycles. The summed E-state index contributed by atoms with van der Waals surface area (Å²) in [6.07, 6.45) is 8.33. The Labute approximate surface area is 154 Å². The summed E-state index contributed by atoms with van der Waals surface area (Å²) >= 11 is 7.28. The lowest BCUT2D eigenvalue weighted by atomic mass is 9.90. The number of hydrogen-bond donors (Lipinski definition) is 0. The van der Waals surface area contributed by atoms with Crippen LogP contribution in [0, 0.1) is 0 Å². The molecule has 3 aliphatic rings. The Morgan fingerprint density at radius 1 is 1.04 bits per heavy atom. The summed E-state index contributed by atoms with van der Waals surface area (Å²) in [6, 6.07) is 4.22. The molecule has 1 atom stereocenters. The van der Waals surface area contributed by atoms with E-state index >= 15 is 0 Å². The van der Waals surface area contributed by atoms with Crippen LogP contribution in [0.2, 0.25) is 0 Å². The average Bonchev–Trinajstić information content (AvgIpc) is 2.77. The van der Waals surface area contributed by atoms with Crippen molar-refractivity contribution < 1.29 is 9.47 Å². The Hall–Kier alpha value is -0.360. The highest BCUT2D eigenvalue weighted by atomic mass is 79.9. The van der Waals surface area contributed by atoms with Gasteiger partial charge >= 0.3 is 0 Å². The third-order valence-corrected chi connectivity index (χ3v) is 6.17. The maximum Gasteiger partial charge on any atom is 0.186 e. The average molecular weight is 443 g/mol. The van der Waals surface area contributed by atoms with Crippen LogP contribution in [-0.2, 0) is 4.74 Å². The number of fused-ring (bicyclic) bond motifs is 2. The molecule has 1 saturated carbocycles. The standard InChI is InChI=1S/C18H21Br2NO2/c19-15-11-13-10-14-4-2-1-3-5-18(14,21-6-8-22-9-7-21)23-17(13)16(20)12-15/h10-12H,1-9H2. The molecule has 0 amide bonds. The fraction of sp³-hybridized carbons (Fsp3) is 0.556. The highest BCUT2D eigenvalue weighted by Crippen LogP contribution is 2.48. The molecule has 0 spiro atoms. The van der Waals surface area contributed by atoms with Gasteiger partial charge in [0.1, 0.15) is 5.75 Å². The van der Waals surface area contributed by atoms with E-state index in [4.69, 9.17) is 9.47 Å². The lowest BCUT2D eigenvalue weighted by molar-refractivity contribution is -0.105. The molecule has 2 heterocycles. The Bertz CT molecular complexity index is 640. The van der Waals surface area contributed by atoms with Gasteiger partial charge in [-0.25, -0.2) is 0 Å². The second-order valence-corrected chi connectivity index (χ2v) is 8.29. The fourth-order valence-corrected chi connectivity index (χ4v) is 5.36. The minimum absolute atomic E-state index is 0.274. The zero-order chi connectivity index (χ0) is 15.9. The third kappa shape index (κ3) is 2.90. The molecule has 0 N–H and O–H groups in total. The molecule has 1 aliphatic carbocycles. The van der Waals surface area contributed by atoms with Crippen molar-refractivity contribution in [3.63, 3.8) is 0 Å². The molecule has 23 heavy (non-hydrogen) atoms. The molecule has 4 rings (SSSR count). The van der Waals surface area contributed by atoms with E-state index in [1.165, 1.54) is 30.4 Å². The van der Waals surface area contributed by atoms with Gasteiger partial charge in [0.05, 0.1) is 17.7 Å². The minimum Gasteiger partial charge on any atom is -0.467 e. The number of benzene rings is 1. The van der Waals surface area contributed by atoms with Crippen molar-refractivity contribution in [2.75, 3.05) is 26.3 Å². The predicted molar refractivity (Wildman–Crippen MR) is 98.7 cm³/mol. The predicted octanol–water partition coefficient (Wildman–Crippen LogP) is 4.98. The third-order valence-electron chi connectivity index (χ3n) is 5.12. The number of hydrogen-bond acceptors (Lipinski definition) is 3. The van der Waals surface area contributed by atoms with Gasteiger partial charge in [-0.1, -0.05) is 22.4 Å². The molecule has 1 aromatic rings. The van der Waals surface area contributed by atoms with Gasteiger partial charge in [-0.3, -0.25) is 4.90 Å². The van der Waals surface area contributed by atoms with E-state index in [2.05, 4.69) is 55.0 Å². The molecule has 2 fully saturated rings. The van der Waals surface area contributed by atoms with Gasteiger partial charge in [-0.2, -0.15) is 0 Å². The van der Waals surface area contributed by atoms with Crippen LogP contribution >= 0.6 is 31.9 Å². The van der Waals surface area contributed by atoms with Gasteiger partial charge in [0.25, 0.3) is 0 Å². The monoisotopic (exact) mass is 441 g/mol. The highest BCUT2D eigenvalue weighted by Gasteiger charge is 2.46. The smallest absolute Gasteiger partial charge is 0.186 e. The molecule has 1 aromatic carbocycles. The van der Waals surface area contributed by atoms with Crippen molar-refractivity contribution >= 4 is 37.9 Å². The van der Waals surface area contributed by atoms with Crippen LogP contribution in [0.1, 0.15) is 37.7 Å². The van der Waals surface area contributed by atoms with E-state index in [1.54, 1.807) is 0 Å². The second-order valence-electron chi connectivity index (χ2n) is 6.52. The molecular formula is C18H21Br2NO2. The highest BCUT2D eigenvalue weighted by molar-refractivity contribution is 9.11. The topological polar surface area (TPSA) is 21.7 Å². The van der Waals surface area contributed by atoms with Crippen LogP contribution in [0.3, 0.4) is 0 Å². The first-order chi connectivity index (χ1) is 11.2. The van der Waals surface area contributed by atoms with Gasteiger partial charge in [0.15, 0.2) is 5.72 Å². The summed E-state index contributed by atoms with van der Waals surface area (Å²) in [7, 11) is 0. The Balaban J connectivity index is 1.81. The fourth-order valence-electron chi connectivity index (χ4n) is 4.02. The van der Waals surface area contributed by atoms with E-state index in [0.717, 1.165) is 53.8 Å². The van der Waals surface area contributed by atoms with E-state index < -0.39 is 0 Å². The molecule has 5 heteroatoms. The van der Waals surface area contributed by atoms with Gasteiger partial charge in [-0.05, 0) is 59.0 Å². The van der Waals surface area contributed by atoms with Crippen molar-refractivity contribution in [1.29, 1.82) is 0 Å². The largest absolute Gasteiger partial charge is 0.467 e. The van der Waals surface area contributed by atoms with Crippen molar-refractivity contribution in [2.24, 2.45) is 0 Å². The molecule has 2 aliphatic heterocycles. The van der Waals surface area contributed by atoms with Crippen LogP contribution in [0.25, 0.3) is 6.08 Å². The number of rotatable bonds is 1. The molecular weight excluding hydrogens is 422 g/mol. The van der Waals surface area contributed by atoms with Gasteiger partial charge < -0.3 is 9.47 Å². The van der Waals surface area contributed by atoms with E-state index in [-0.39, 0.29) is 5.72 Å². The van der Waals surface area contributed by atoms with E-state index in [1.807, 2.05) is 0 Å². The summed E-state index contributed by atoms with van der Waals surface area (Å²) in [6.45, 7) is 3.49. The number of nitrogens with zero attached hydrogens (tertiary/aromatic N) is 1. The molecule has 124 valence electrons. The summed E-state index contributed by atoms with van der Waals surface area (Å²) in [5, 5.41) is 0. The quantitative estimate of drug-likeness (QED) is 0.612. The number of ether oxygens (including phenoxy) is 2. The van der Waals surface area contributed by atoms with Crippen molar-refractivity contribution in [3.8, 4) is 5.75 Å². The SMILES string of the molecule is Brc1cc(Br)c2c(c1)C=C1CCCCCC1(N1CCOCC1)O2. The van der Waals surface area contributed by atoms with Crippen LogP contribution in [0.15, 0.2) is 26.7 Å². The maximum atomic E-state index is 6.76. The van der Waals surface area contributed by atoms with Gasteiger partial charge in [0.2, 0.25) is 0 Å². The van der Waals surface area contributed by atoms with Crippen LogP contribution < -0.4 is 4.74 Å². The normalized spacial score (nSPS) is 28.2. The van der Waals surface area contributed by atoms with Gasteiger partial charge in [-0.15, -0.1) is 0 Å². The first-order valence-corrected chi connectivity index (χ1v) is 9.99. The zero-order valence-corrected chi connectivity index (χ0v) is 16.3. The Morgan fingerprint density at radius 3 is 2.70 bits per heavy atom. The maximum absolute atomic E-state index is 6.76. The molecule has 1 unspecified atom stereocenters. The second kappa shape index (κ2) is 6.51. The minimum atomic E-state index is -0.274. The van der Waals surface area contributed by atoms with Crippen molar-refractivity contribution in [1.82, 2.24) is 4.90 Å². The lowest BCUT2D eigenvalue weighted by Crippen LogP contribution is -2.58. The lowest BCUT2D eigenvalue weighted by Gasteiger charge is -2.48. The summed E-state index contributed by atoms with van der Waals surface area (Å²) in [5.41, 5.74) is 2.34. The molecule has 1 saturated heterocycles. The van der Waals surface area contributed by atoms with Crippen LogP contribution in [0.5, 0.6) is 5.75 Å². The van der Waals surface area contributed by atoms with Crippen LogP contribution in [0.4, 0.5) is 0 Å². The van der Waals surface area contributed by atoms with Crippen molar-refractivity contribution in [2.45, 2.75) is 37.8 Å². The summed E-state index contributed by atoms with van der Waals surface area (Å²) in [5.74, 6) is 0.977. The summed E-state index contributed by atoms with van der Waals surface area (Å²) < 4.78 is 14.4. The van der Waals surface area contributed by atoms with Crippen LogP contribution in [-0.4, -0.2) is 36.9 Å². The van der Waals surface area contributed by atoms with Gasteiger partial charge in [0, 0.05) is 29.5 Å². The van der Waals surface area contributed by atoms with Crippen molar-refractivity contribution in [3.05, 3.63) is 32.2 Å². The number of halogens is 2. The first kappa shape index (κ1) is 16.1.